The average molecular weight is 260 g/mol. The van der Waals surface area contributed by atoms with Crippen LogP contribution in [0.4, 0.5) is 5.69 Å². The Morgan fingerprint density at radius 3 is 2.63 bits per heavy atom. The van der Waals surface area contributed by atoms with Crippen molar-refractivity contribution in [3.63, 3.8) is 0 Å². The summed E-state index contributed by atoms with van der Waals surface area (Å²) >= 11 is 0. The summed E-state index contributed by atoms with van der Waals surface area (Å²) in [6.07, 6.45) is 5.94. The molecule has 0 spiro atoms. The minimum Gasteiger partial charge on any atom is -0.380 e. The van der Waals surface area contributed by atoms with Crippen LogP contribution in [0.25, 0.3) is 0 Å². The molecular weight excluding hydrogens is 236 g/mol. The number of aryl methyl sites for hydroxylation is 1. The van der Waals surface area contributed by atoms with E-state index in [1.54, 1.807) is 17.7 Å². The van der Waals surface area contributed by atoms with E-state index in [9.17, 15) is 4.79 Å². The Balaban J connectivity index is 1.90. The van der Waals surface area contributed by atoms with Crippen molar-refractivity contribution in [1.82, 2.24) is 4.57 Å². The summed E-state index contributed by atoms with van der Waals surface area (Å²) in [6, 6.07) is 4.05. The van der Waals surface area contributed by atoms with E-state index in [2.05, 4.69) is 26.1 Å². The monoisotopic (exact) mass is 260 g/mol. The quantitative estimate of drug-likeness (QED) is 0.887. The first kappa shape index (κ1) is 12.8. The minimum absolute atomic E-state index is 0.0453. The van der Waals surface area contributed by atoms with Gasteiger partial charge < -0.3 is 9.88 Å². The van der Waals surface area contributed by atoms with E-state index >= 15 is 0 Å². The molecule has 2 aliphatic carbocycles. The molecule has 2 saturated carbocycles. The molecule has 1 aromatic rings. The van der Waals surface area contributed by atoms with Gasteiger partial charge in [0.15, 0.2) is 0 Å². The number of rotatable bonds is 2. The van der Waals surface area contributed by atoms with Crippen LogP contribution in [-0.4, -0.2) is 10.6 Å². The molecule has 104 valence electrons. The highest BCUT2D eigenvalue weighted by molar-refractivity contribution is 5.43. The van der Waals surface area contributed by atoms with Crippen molar-refractivity contribution in [1.29, 1.82) is 0 Å². The first-order valence-corrected chi connectivity index (χ1v) is 7.26. The second kappa shape index (κ2) is 3.87. The molecule has 0 radical (unpaired) electrons. The third-order valence-corrected chi connectivity index (χ3v) is 5.67. The maximum Gasteiger partial charge on any atom is 0.250 e. The molecule has 2 fully saturated rings. The van der Waals surface area contributed by atoms with Crippen molar-refractivity contribution in [2.45, 2.75) is 46.1 Å². The van der Waals surface area contributed by atoms with Gasteiger partial charge in [-0.3, -0.25) is 4.79 Å². The molecular formula is C16H24N2O. The molecule has 0 saturated heterocycles. The van der Waals surface area contributed by atoms with E-state index in [-0.39, 0.29) is 5.56 Å². The first-order chi connectivity index (χ1) is 8.83. The number of hydrogen-bond donors (Lipinski definition) is 1. The Bertz CT molecular complexity index is 555. The van der Waals surface area contributed by atoms with Gasteiger partial charge in [-0.15, -0.1) is 0 Å². The van der Waals surface area contributed by atoms with E-state index in [1.807, 2.05) is 12.3 Å². The van der Waals surface area contributed by atoms with Gasteiger partial charge in [-0.1, -0.05) is 20.8 Å². The standard InChI is InChI=1S/C16H24N2O/c1-15(2)11-7-8-16(3,9-11)14(15)17-12-5-6-13(19)18(4)10-12/h5-6,10-11,14,17H,7-9H2,1-4H3. The van der Waals surface area contributed by atoms with E-state index in [0.717, 1.165) is 11.6 Å². The molecule has 0 aromatic carbocycles. The minimum atomic E-state index is 0.0453. The molecule has 3 rings (SSSR count). The van der Waals surface area contributed by atoms with Gasteiger partial charge in [0.25, 0.3) is 0 Å². The largest absolute Gasteiger partial charge is 0.380 e. The normalized spacial score (nSPS) is 35.6. The van der Waals surface area contributed by atoms with Gasteiger partial charge in [0.1, 0.15) is 0 Å². The van der Waals surface area contributed by atoms with Crippen LogP contribution in [-0.2, 0) is 7.05 Å². The van der Waals surface area contributed by atoms with Crippen molar-refractivity contribution < 1.29 is 0 Å². The Labute approximate surface area is 115 Å². The first-order valence-electron chi connectivity index (χ1n) is 7.26. The SMILES string of the molecule is Cn1cc(NC2C3(C)CCC(C3)C2(C)C)ccc1=O. The third-order valence-electron chi connectivity index (χ3n) is 5.67. The second-order valence-electron chi connectivity index (χ2n) is 7.36. The molecule has 0 aliphatic heterocycles. The lowest BCUT2D eigenvalue weighted by molar-refractivity contribution is 0.155. The Morgan fingerprint density at radius 2 is 2.05 bits per heavy atom. The van der Waals surface area contributed by atoms with E-state index < -0.39 is 0 Å². The predicted octanol–water partition coefficient (Wildman–Crippen LogP) is 3.01. The number of pyridine rings is 1. The zero-order valence-corrected chi connectivity index (χ0v) is 12.4. The number of nitrogens with zero attached hydrogens (tertiary/aromatic N) is 1. The Morgan fingerprint density at radius 1 is 1.32 bits per heavy atom. The van der Waals surface area contributed by atoms with Gasteiger partial charge in [-0.25, -0.2) is 0 Å². The van der Waals surface area contributed by atoms with Crippen molar-refractivity contribution >= 4 is 5.69 Å². The Kier molecular flexibility index (Phi) is 2.60. The topological polar surface area (TPSA) is 34.0 Å². The molecule has 1 N–H and O–H groups in total. The summed E-state index contributed by atoms with van der Waals surface area (Å²) in [5.74, 6) is 0.836. The molecule has 0 amide bonds. The van der Waals surface area contributed by atoms with E-state index in [0.29, 0.717) is 16.9 Å². The predicted molar refractivity (Wildman–Crippen MR) is 78.3 cm³/mol. The number of hydrogen-bond acceptors (Lipinski definition) is 2. The van der Waals surface area contributed by atoms with E-state index in [4.69, 9.17) is 0 Å². The summed E-state index contributed by atoms with van der Waals surface area (Å²) in [6.45, 7) is 7.20. The molecule has 1 aromatic heterocycles. The van der Waals surface area contributed by atoms with Crippen molar-refractivity contribution in [3.05, 3.63) is 28.7 Å². The number of aromatic nitrogens is 1. The highest BCUT2D eigenvalue weighted by atomic mass is 16.1. The lowest BCUT2D eigenvalue weighted by Crippen LogP contribution is -2.45. The highest BCUT2D eigenvalue weighted by Gasteiger charge is 2.59. The smallest absolute Gasteiger partial charge is 0.250 e. The molecule has 3 heteroatoms. The summed E-state index contributed by atoms with van der Waals surface area (Å²) < 4.78 is 1.64. The van der Waals surface area contributed by atoms with Crippen LogP contribution in [0, 0.1) is 16.7 Å². The molecule has 19 heavy (non-hydrogen) atoms. The van der Waals surface area contributed by atoms with Crippen molar-refractivity contribution in [3.8, 4) is 0 Å². The third kappa shape index (κ3) is 1.82. The summed E-state index contributed by atoms with van der Waals surface area (Å²) in [5.41, 5.74) is 1.85. The van der Waals surface area contributed by atoms with Crippen LogP contribution in [0.1, 0.15) is 40.0 Å². The van der Waals surface area contributed by atoms with Crippen molar-refractivity contribution in [2.75, 3.05) is 5.32 Å². The lowest BCUT2D eigenvalue weighted by atomic mass is 9.68. The van der Waals surface area contributed by atoms with Gasteiger partial charge in [0, 0.05) is 25.4 Å². The maximum absolute atomic E-state index is 11.5. The fraction of sp³-hybridized carbons (Fsp3) is 0.688. The van der Waals surface area contributed by atoms with Gasteiger partial charge in [-0.05, 0) is 42.1 Å². The van der Waals surface area contributed by atoms with Crippen LogP contribution in [0.5, 0.6) is 0 Å². The number of fused-ring (bicyclic) bond motifs is 2. The lowest BCUT2D eigenvalue weighted by Gasteiger charge is -2.43. The Hall–Kier alpha value is -1.25. The van der Waals surface area contributed by atoms with Crippen LogP contribution in [0.2, 0.25) is 0 Å². The highest BCUT2D eigenvalue weighted by Crippen LogP contribution is 2.63. The van der Waals surface area contributed by atoms with Crippen molar-refractivity contribution in [2.24, 2.45) is 23.8 Å². The maximum atomic E-state index is 11.5. The molecule has 2 aliphatic rings. The zero-order valence-electron chi connectivity index (χ0n) is 12.4. The van der Waals surface area contributed by atoms with Crippen LogP contribution in [0.3, 0.4) is 0 Å². The van der Waals surface area contributed by atoms with Gasteiger partial charge in [0.05, 0.1) is 5.69 Å². The van der Waals surface area contributed by atoms with Crippen LogP contribution in [0.15, 0.2) is 23.1 Å². The second-order valence-corrected chi connectivity index (χ2v) is 7.36. The van der Waals surface area contributed by atoms with Gasteiger partial charge in [-0.2, -0.15) is 0 Å². The number of anilines is 1. The van der Waals surface area contributed by atoms with Crippen LogP contribution >= 0.6 is 0 Å². The summed E-state index contributed by atoms with van der Waals surface area (Å²) in [7, 11) is 1.81. The van der Waals surface area contributed by atoms with Gasteiger partial charge >= 0.3 is 0 Å². The van der Waals surface area contributed by atoms with E-state index in [1.165, 1.54) is 19.3 Å². The fourth-order valence-corrected chi connectivity index (χ4v) is 4.51. The van der Waals surface area contributed by atoms with Crippen LogP contribution < -0.4 is 10.9 Å². The summed E-state index contributed by atoms with van der Waals surface area (Å²) in [5, 5.41) is 3.71. The van der Waals surface area contributed by atoms with Gasteiger partial charge in [0.2, 0.25) is 5.56 Å². The molecule has 1 heterocycles. The molecule has 3 atom stereocenters. The number of nitrogens with one attached hydrogen (secondary N) is 1. The molecule has 2 bridgehead atoms. The molecule has 3 unspecified atom stereocenters. The fourth-order valence-electron chi connectivity index (χ4n) is 4.51. The zero-order chi connectivity index (χ0) is 13.8. The summed E-state index contributed by atoms with van der Waals surface area (Å²) in [4.78, 5) is 11.5. The average Bonchev–Trinajstić information content (AvgIpc) is 2.80. The molecule has 3 nitrogen and oxygen atoms in total.